The molecule has 8 heteroatoms. The molecule has 0 aromatic carbocycles. The first kappa shape index (κ1) is 23.7. The van der Waals surface area contributed by atoms with E-state index >= 15 is 0 Å². The molecule has 0 aromatic heterocycles. The zero-order valence-corrected chi connectivity index (χ0v) is 17.3. The maximum atomic E-state index is 12.3. The maximum absolute atomic E-state index is 12.3. The molecule has 0 aliphatic carbocycles. The Hall–Kier alpha value is -1.35. The summed E-state index contributed by atoms with van der Waals surface area (Å²) in [5.41, 5.74) is -0.514. The number of nitrogens with one attached hydrogen (secondary N) is 1. The first-order valence-electron chi connectivity index (χ1n) is 9.72. The average Bonchev–Trinajstić information content (AvgIpc) is 2.52. The Morgan fingerprint density at radius 2 is 1.44 bits per heavy atom. The molecular formula is C19H36N4O4. The topological polar surface area (TPSA) is 82.2 Å². The van der Waals surface area contributed by atoms with Gasteiger partial charge < -0.3 is 14.8 Å². The van der Waals surface area contributed by atoms with Gasteiger partial charge in [-0.25, -0.2) is 0 Å². The van der Waals surface area contributed by atoms with Crippen molar-refractivity contribution in [3.05, 3.63) is 0 Å². The molecule has 1 fully saturated rings. The zero-order chi connectivity index (χ0) is 20.3. The molecule has 0 spiro atoms. The van der Waals surface area contributed by atoms with Gasteiger partial charge >= 0.3 is 5.97 Å². The van der Waals surface area contributed by atoms with Crippen LogP contribution < -0.4 is 5.32 Å². The normalized spacial score (nSPS) is 19.7. The molecule has 1 aliphatic heterocycles. The van der Waals surface area contributed by atoms with Gasteiger partial charge in [-0.05, 0) is 27.7 Å². The highest BCUT2D eigenvalue weighted by Crippen LogP contribution is 2.08. The summed E-state index contributed by atoms with van der Waals surface area (Å²) < 4.78 is 5.45. The predicted molar refractivity (Wildman–Crippen MR) is 105 cm³/mol. The lowest BCUT2D eigenvalue weighted by atomic mass is 10.2. The van der Waals surface area contributed by atoms with Crippen LogP contribution in [-0.2, 0) is 19.1 Å². The molecule has 156 valence electrons. The number of hydrogen-bond acceptors (Lipinski definition) is 8. The quantitative estimate of drug-likeness (QED) is 0.491. The second kappa shape index (κ2) is 12.2. The van der Waals surface area contributed by atoms with Crippen LogP contribution in [0.3, 0.4) is 0 Å². The summed E-state index contributed by atoms with van der Waals surface area (Å²) in [5.74, 6) is -0.116. The number of carbonyl (C=O) groups excluding carboxylic acids is 3. The highest BCUT2D eigenvalue weighted by molar-refractivity contribution is 5.77. The van der Waals surface area contributed by atoms with Gasteiger partial charge in [-0.2, -0.15) is 0 Å². The van der Waals surface area contributed by atoms with Crippen molar-refractivity contribution in [2.75, 3.05) is 72.0 Å². The first-order valence-corrected chi connectivity index (χ1v) is 9.72. The van der Waals surface area contributed by atoms with Gasteiger partial charge in [-0.3, -0.25) is 24.3 Å². The fourth-order valence-corrected chi connectivity index (χ4v) is 2.98. The summed E-state index contributed by atoms with van der Waals surface area (Å²) in [6.45, 7) is 14.0. The third kappa shape index (κ3) is 11.9. The predicted octanol–water partition coefficient (Wildman–Crippen LogP) is -0.375. The summed E-state index contributed by atoms with van der Waals surface area (Å²) in [7, 11) is 0. The number of aldehydes is 1. The van der Waals surface area contributed by atoms with Crippen molar-refractivity contribution >= 4 is 18.0 Å². The van der Waals surface area contributed by atoms with Crippen LogP contribution in [0, 0.1) is 0 Å². The Labute approximate surface area is 163 Å². The summed E-state index contributed by atoms with van der Waals surface area (Å²) in [6.07, 6.45) is 0.915. The van der Waals surface area contributed by atoms with Gasteiger partial charge in [-0.1, -0.05) is 0 Å². The number of rotatable bonds is 6. The van der Waals surface area contributed by atoms with Crippen LogP contribution in [0.15, 0.2) is 0 Å². The average molecular weight is 385 g/mol. The number of carbonyl (C=O) groups is 3. The standard InChI is InChI=1S/C19H36N4O4/c1-17(25)15-22-8-6-20-5-7-21(13-14-24)9-10-23(12-11-22)16-18(26)27-19(2,3)4/h14,20H,5-13,15-16H2,1-4H3. The highest BCUT2D eigenvalue weighted by Gasteiger charge is 2.20. The second-order valence-corrected chi connectivity index (χ2v) is 8.06. The number of ketones is 1. The minimum absolute atomic E-state index is 0.137. The Morgan fingerprint density at radius 1 is 0.926 bits per heavy atom. The van der Waals surface area contributed by atoms with Crippen molar-refractivity contribution in [3.63, 3.8) is 0 Å². The van der Waals surface area contributed by atoms with Crippen LogP contribution in [0.5, 0.6) is 0 Å². The number of Topliss-reactive ketones (excluding diaryl/α,β-unsaturated/α-hetero) is 1. The third-order valence-electron chi connectivity index (χ3n) is 4.23. The summed E-state index contributed by atoms with van der Waals surface area (Å²) in [4.78, 5) is 40.9. The van der Waals surface area contributed by atoms with Crippen molar-refractivity contribution in [2.45, 2.75) is 33.3 Å². The van der Waals surface area contributed by atoms with E-state index in [1.807, 2.05) is 25.7 Å². The van der Waals surface area contributed by atoms with Gasteiger partial charge in [-0.15, -0.1) is 0 Å². The van der Waals surface area contributed by atoms with Crippen LogP contribution in [-0.4, -0.2) is 110 Å². The van der Waals surface area contributed by atoms with Crippen LogP contribution in [0.25, 0.3) is 0 Å². The lowest BCUT2D eigenvalue weighted by Crippen LogP contribution is -2.47. The fraction of sp³-hybridized carbons (Fsp3) is 0.842. The molecular weight excluding hydrogens is 348 g/mol. The smallest absolute Gasteiger partial charge is 0.320 e. The lowest BCUT2D eigenvalue weighted by Gasteiger charge is -2.31. The van der Waals surface area contributed by atoms with E-state index in [1.54, 1.807) is 6.92 Å². The SMILES string of the molecule is CC(=O)CN1CCNCCN(CC=O)CCN(CC(=O)OC(C)(C)C)CC1. The minimum Gasteiger partial charge on any atom is -0.459 e. The van der Waals surface area contributed by atoms with Crippen LogP contribution in [0.4, 0.5) is 0 Å². The molecule has 1 saturated heterocycles. The second-order valence-electron chi connectivity index (χ2n) is 8.06. The fourth-order valence-electron chi connectivity index (χ4n) is 2.98. The molecule has 1 rings (SSSR count). The van der Waals surface area contributed by atoms with E-state index in [2.05, 4.69) is 15.1 Å². The first-order chi connectivity index (χ1) is 12.7. The molecule has 1 N–H and O–H groups in total. The van der Waals surface area contributed by atoms with E-state index in [1.165, 1.54) is 0 Å². The van der Waals surface area contributed by atoms with Crippen molar-refractivity contribution in [2.24, 2.45) is 0 Å². The molecule has 8 nitrogen and oxygen atoms in total. The Bertz CT molecular complexity index is 479. The molecule has 0 bridgehead atoms. The molecule has 0 atom stereocenters. The molecule has 1 aliphatic rings. The Morgan fingerprint density at radius 3 is 1.96 bits per heavy atom. The van der Waals surface area contributed by atoms with Gasteiger partial charge in [0.15, 0.2) is 0 Å². The van der Waals surface area contributed by atoms with E-state index in [0.717, 1.165) is 32.5 Å². The molecule has 0 unspecified atom stereocenters. The maximum Gasteiger partial charge on any atom is 0.320 e. The highest BCUT2D eigenvalue weighted by atomic mass is 16.6. The summed E-state index contributed by atoms with van der Waals surface area (Å²) >= 11 is 0. The molecule has 0 radical (unpaired) electrons. The van der Waals surface area contributed by atoms with E-state index in [0.29, 0.717) is 39.3 Å². The van der Waals surface area contributed by atoms with Crippen molar-refractivity contribution in [1.82, 2.24) is 20.0 Å². The lowest BCUT2D eigenvalue weighted by molar-refractivity contribution is -0.156. The number of esters is 1. The molecule has 1 heterocycles. The Kier molecular flexibility index (Phi) is 10.7. The van der Waals surface area contributed by atoms with E-state index < -0.39 is 5.60 Å². The van der Waals surface area contributed by atoms with Gasteiger partial charge in [0.05, 0.1) is 19.6 Å². The summed E-state index contributed by atoms with van der Waals surface area (Å²) in [6, 6.07) is 0. The van der Waals surface area contributed by atoms with E-state index in [4.69, 9.17) is 4.74 Å². The molecule has 0 saturated carbocycles. The Balaban J connectivity index is 2.74. The van der Waals surface area contributed by atoms with E-state index in [9.17, 15) is 14.4 Å². The largest absolute Gasteiger partial charge is 0.459 e. The van der Waals surface area contributed by atoms with Crippen LogP contribution in [0.1, 0.15) is 27.7 Å². The van der Waals surface area contributed by atoms with Crippen molar-refractivity contribution in [3.8, 4) is 0 Å². The molecule has 0 aromatic rings. The zero-order valence-electron chi connectivity index (χ0n) is 17.3. The van der Waals surface area contributed by atoms with Gasteiger partial charge in [0.25, 0.3) is 0 Å². The molecule has 0 amide bonds. The number of nitrogens with zero attached hydrogens (tertiary/aromatic N) is 3. The number of ether oxygens (including phenoxy) is 1. The molecule has 27 heavy (non-hydrogen) atoms. The van der Waals surface area contributed by atoms with Crippen LogP contribution in [0.2, 0.25) is 0 Å². The van der Waals surface area contributed by atoms with Gasteiger partial charge in [0.2, 0.25) is 0 Å². The number of hydrogen-bond donors (Lipinski definition) is 1. The van der Waals surface area contributed by atoms with Gasteiger partial charge in [0.1, 0.15) is 17.7 Å². The third-order valence-corrected chi connectivity index (χ3v) is 4.23. The van der Waals surface area contributed by atoms with E-state index in [-0.39, 0.29) is 18.3 Å². The van der Waals surface area contributed by atoms with Crippen molar-refractivity contribution in [1.29, 1.82) is 0 Å². The summed E-state index contributed by atoms with van der Waals surface area (Å²) in [5, 5.41) is 3.37. The van der Waals surface area contributed by atoms with Crippen LogP contribution >= 0.6 is 0 Å². The monoisotopic (exact) mass is 384 g/mol. The minimum atomic E-state index is -0.514. The van der Waals surface area contributed by atoms with Crippen molar-refractivity contribution < 1.29 is 19.1 Å². The van der Waals surface area contributed by atoms with Gasteiger partial charge in [0, 0.05) is 52.4 Å².